The third kappa shape index (κ3) is 3.66. The van der Waals surface area contributed by atoms with Gasteiger partial charge in [-0.2, -0.15) is 0 Å². The summed E-state index contributed by atoms with van der Waals surface area (Å²) in [7, 11) is 0. The Balaban J connectivity index is 2.19. The Labute approximate surface area is 129 Å². The maximum absolute atomic E-state index is 6.22. The van der Waals surface area contributed by atoms with Crippen molar-refractivity contribution in [3.8, 4) is 0 Å². The molecule has 2 aromatic rings. The molecule has 110 valence electrons. The fourth-order valence-electron chi connectivity index (χ4n) is 2.16. The largest absolute Gasteiger partial charge is 0.380 e. The first-order chi connectivity index (χ1) is 9.63. The summed E-state index contributed by atoms with van der Waals surface area (Å²) in [6.45, 7) is 6.29. The SMILES string of the molecule is CCCCOCCn1c(C(C)Cl)nc2ccc(Cl)cc21. The Hall–Kier alpha value is -0.770. The second-order valence-electron chi connectivity index (χ2n) is 4.84. The fourth-order valence-corrected chi connectivity index (χ4v) is 2.49. The van der Waals surface area contributed by atoms with Crippen LogP contribution in [0.2, 0.25) is 5.02 Å². The summed E-state index contributed by atoms with van der Waals surface area (Å²) in [6.07, 6.45) is 2.24. The molecule has 2 rings (SSSR count). The average Bonchev–Trinajstić information content (AvgIpc) is 2.77. The van der Waals surface area contributed by atoms with Crippen LogP contribution >= 0.6 is 23.2 Å². The van der Waals surface area contributed by atoms with Crippen molar-refractivity contribution in [3.63, 3.8) is 0 Å². The molecule has 5 heteroatoms. The minimum absolute atomic E-state index is 0.142. The molecular formula is C15H20Cl2N2O. The highest BCUT2D eigenvalue weighted by Gasteiger charge is 2.14. The maximum Gasteiger partial charge on any atom is 0.127 e. The molecule has 0 amide bonds. The molecule has 0 saturated heterocycles. The lowest BCUT2D eigenvalue weighted by Crippen LogP contribution is -2.10. The number of benzene rings is 1. The Bertz CT molecular complexity index is 566. The number of hydrogen-bond acceptors (Lipinski definition) is 2. The van der Waals surface area contributed by atoms with Gasteiger partial charge in [-0.15, -0.1) is 11.6 Å². The molecule has 3 nitrogen and oxygen atoms in total. The first kappa shape index (κ1) is 15.6. The van der Waals surface area contributed by atoms with E-state index in [-0.39, 0.29) is 5.38 Å². The summed E-state index contributed by atoms with van der Waals surface area (Å²) in [5.41, 5.74) is 1.93. The number of rotatable bonds is 7. The fraction of sp³-hybridized carbons (Fsp3) is 0.533. The van der Waals surface area contributed by atoms with Gasteiger partial charge in [-0.3, -0.25) is 0 Å². The van der Waals surface area contributed by atoms with Crippen LogP contribution < -0.4 is 0 Å². The number of aromatic nitrogens is 2. The lowest BCUT2D eigenvalue weighted by atomic mass is 10.3. The minimum Gasteiger partial charge on any atom is -0.380 e. The van der Waals surface area contributed by atoms with Gasteiger partial charge in [0.05, 0.1) is 23.0 Å². The summed E-state index contributed by atoms with van der Waals surface area (Å²) < 4.78 is 7.74. The lowest BCUT2D eigenvalue weighted by Gasteiger charge is -2.11. The van der Waals surface area contributed by atoms with Crippen molar-refractivity contribution in [2.75, 3.05) is 13.2 Å². The quantitative estimate of drug-likeness (QED) is 0.542. The van der Waals surface area contributed by atoms with Gasteiger partial charge < -0.3 is 9.30 Å². The van der Waals surface area contributed by atoms with Crippen LogP contribution in [0.5, 0.6) is 0 Å². The number of imidazole rings is 1. The summed E-state index contributed by atoms with van der Waals surface area (Å²) in [5, 5.41) is 0.566. The summed E-state index contributed by atoms with van der Waals surface area (Å²) in [4.78, 5) is 4.59. The Morgan fingerprint density at radius 3 is 2.85 bits per heavy atom. The third-order valence-corrected chi connectivity index (χ3v) is 3.63. The molecule has 20 heavy (non-hydrogen) atoms. The number of fused-ring (bicyclic) bond motifs is 1. The Morgan fingerprint density at radius 2 is 2.15 bits per heavy atom. The van der Waals surface area contributed by atoms with Gasteiger partial charge in [0.15, 0.2) is 0 Å². The predicted octanol–water partition coefficient (Wildman–Crippen LogP) is 4.81. The number of hydrogen-bond donors (Lipinski definition) is 0. The highest BCUT2D eigenvalue weighted by molar-refractivity contribution is 6.31. The molecule has 0 bridgehead atoms. The van der Waals surface area contributed by atoms with E-state index in [9.17, 15) is 0 Å². The van der Waals surface area contributed by atoms with Crippen LogP contribution in [0.4, 0.5) is 0 Å². The van der Waals surface area contributed by atoms with Crippen molar-refractivity contribution in [3.05, 3.63) is 29.0 Å². The summed E-state index contributed by atoms with van der Waals surface area (Å²) in [5.74, 6) is 0.864. The second kappa shape index (κ2) is 7.30. The molecule has 0 aliphatic heterocycles. The van der Waals surface area contributed by atoms with Crippen LogP contribution in [0, 0.1) is 0 Å². The highest BCUT2D eigenvalue weighted by atomic mass is 35.5. The van der Waals surface area contributed by atoms with Crippen LogP contribution in [0.3, 0.4) is 0 Å². The molecule has 0 N–H and O–H groups in total. The average molecular weight is 315 g/mol. The molecule has 1 unspecified atom stereocenters. The molecule has 0 spiro atoms. The van der Waals surface area contributed by atoms with Gasteiger partial charge in [0, 0.05) is 18.2 Å². The van der Waals surface area contributed by atoms with E-state index in [1.807, 2.05) is 25.1 Å². The standard InChI is InChI=1S/C15H20Cl2N2O/c1-3-4-8-20-9-7-19-14-10-12(17)5-6-13(14)18-15(19)11(2)16/h5-6,10-11H,3-4,7-9H2,1-2H3. The topological polar surface area (TPSA) is 27.1 Å². The second-order valence-corrected chi connectivity index (χ2v) is 5.93. The number of halogens is 2. The number of nitrogens with zero attached hydrogens (tertiary/aromatic N) is 2. The zero-order chi connectivity index (χ0) is 14.5. The molecule has 1 atom stereocenters. The van der Waals surface area contributed by atoms with Gasteiger partial charge in [0.1, 0.15) is 5.82 Å². The van der Waals surface area contributed by atoms with Gasteiger partial charge in [-0.05, 0) is 31.5 Å². The lowest BCUT2D eigenvalue weighted by molar-refractivity contribution is 0.123. The van der Waals surface area contributed by atoms with Crippen LogP contribution in [0.1, 0.15) is 37.9 Å². The van der Waals surface area contributed by atoms with Crippen molar-refractivity contribution in [1.82, 2.24) is 9.55 Å². The van der Waals surface area contributed by atoms with Crippen molar-refractivity contribution in [1.29, 1.82) is 0 Å². The molecule has 1 aromatic carbocycles. The molecule has 0 fully saturated rings. The maximum atomic E-state index is 6.22. The number of alkyl halides is 1. The van der Waals surface area contributed by atoms with Crippen LogP contribution in [0.25, 0.3) is 11.0 Å². The van der Waals surface area contributed by atoms with E-state index in [0.29, 0.717) is 11.6 Å². The van der Waals surface area contributed by atoms with E-state index in [1.165, 1.54) is 0 Å². The molecule has 0 radical (unpaired) electrons. The van der Waals surface area contributed by atoms with Gasteiger partial charge in [0.25, 0.3) is 0 Å². The highest BCUT2D eigenvalue weighted by Crippen LogP contribution is 2.26. The van der Waals surface area contributed by atoms with E-state index in [1.54, 1.807) is 0 Å². The first-order valence-electron chi connectivity index (χ1n) is 7.01. The monoisotopic (exact) mass is 314 g/mol. The molecule has 1 heterocycles. The molecule has 0 aliphatic rings. The molecule has 0 aliphatic carbocycles. The van der Waals surface area contributed by atoms with Crippen molar-refractivity contribution < 1.29 is 4.74 Å². The smallest absolute Gasteiger partial charge is 0.127 e. The van der Waals surface area contributed by atoms with Crippen LogP contribution in [-0.2, 0) is 11.3 Å². The first-order valence-corrected chi connectivity index (χ1v) is 7.82. The van der Waals surface area contributed by atoms with Crippen molar-refractivity contribution >= 4 is 34.2 Å². The van der Waals surface area contributed by atoms with Crippen molar-refractivity contribution in [2.45, 2.75) is 38.6 Å². The molecular weight excluding hydrogens is 295 g/mol. The number of ether oxygens (including phenoxy) is 1. The van der Waals surface area contributed by atoms with E-state index in [4.69, 9.17) is 27.9 Å². The van der Waals surface area contributed by atoms with E-state index >= 15 is 0 Å². The normalized spacial score (nSPS) is 13.0. The van der Waals surface area contributed by atoms with Gasteiger partial charge in [-0.25, -0.2) is 4.98 Å². The van der Waals surface area contributed by atoms with Crippen LogP contribution in [0.15, 0.2) is 18.2 Å². The molecule has 1 aromatic heterocycles. The van der Waals surface area contributed by atoms with Crippen molar-refractivity contribution in [2.24, 2.45) is 0 Å². The zero-order valence-corrected chi connectivity index (χ0v) is 13.4. The zero-order valence-electron chi connectivity index (χ0n) is 11.9. The van der Waals surface area contributed by atoms with Gasteiger partial charge >= 0.3 is 0 Å². The molecule has 0 saturated carbocycles. The Morgan fingerprint density at radius 1 is 1.35 bits per heavy atom. The van der Waals surface area contributed by atoms with E-state index in [2.05, 4.69) is 16.5 Å². The van der Waals surface area contributed by atoms with Crippen LogP contribution in [-0.4, -0.2) is 22.8 Å². The summed E-state index contributed by atoms with van der Waals surface area (Å²) in [6, 6.07) is 5.70. The van der Waals surface area contributed by atoms with Gasteiger partial charge in [-0.1, -0.05) is 24.9 Å². The summed E-state index contributed by atoms with van der Waals surface area (Å²) >= 11 is 12.3. The van der Waals surface area contributed by atoms with E-state index in [0.717, 1.165) is 42.9 Å². The van der Waals surface area contributed by atoms with Gasteiger partial charge in [0.2, 0.25) is 0 Å². The van der Waals surface area contributed by atoms with E-state index < -0.39 is 0 Å². The number of unbranched alkanes of at least 4 members (excludes halogenated alkanes) is 1. The third-order valence-electron chi connectivity index (χ3n) is 3.20. The minimum atomic E-state index is -0.142. The Kier molecular flexibility index (Phi) is 5.70. The predicted molar refractivity (Wildman–Crippen MR) is 84.7 cm³/mol.